The summed E-state index contributed by atoms with van der Waals surface area (Å²) >= 11 is 0. The van der Waals surface area contributed by atoms with Crippen molar-refractivity contribution < 1.29 is 19.4 Å². The lowest BCUT2D eigenvalue weighted by atomic mass is 9.84. The van der Waals surface area contributed by atoms with Gasteiger partial charge in [0.1, 0.15) is 0 Å². The number of rotatable bonds is 9. The molecule has 1 amide bonds. The van der Waals surface area contributed by atoms with Gasteiger partial charge in [0.05, 0.1) is 6.61 Å². The van der Waals surface area contributed by atoms with E-state index in [2.05, 4.69) is 5.32 Å². The Morgan fingerprint density at radius 2 is 1.88 bits per heavy atom. The first-order valence-electron chi connectivity index (χ1n) is 5.85. The van der Waals surface area contributed by atoms with Crippen molar-refractivity contribution in [2.75, 3.05) is 20.3 Å². The molecule has 0 rings (SSSR count). The second kappa shape index (κ2) is 8.06. The molecule has 0 atom stereocenters. The normalized spacial score (nSPS) is 11.2. The number of aliphatic carboxylic acids is 1. The van der Waals surface area contributed by atoms with Crippen molar-refractivity contribution in [1.82, 2.24) is 5.32 Å². The molecule has 0 aliphatic heterocycles. The van der Waals surface area contributed by atoms with Crippen molar-refractivity contribution in [1.29, 1.82) is 0 Å². The molecule has 0 aromatic rings. The summed E-state index contributed by atoms with van der Waals surface area (Å²) in [5.41, 5.74) is -0.0626. The maximum Gasteiger partial charge on any atom is 0.303 e. The third-order valence-corrected chi connectivity index (χ3v) is 2.67. The first kappa shape index (κ1) is 15.9. The van der Waals surface area contributed by atoms with Crippen molar-refractivity contribution in [2.45, 2.75) is 39.5 Å². The first-order chi connectivity index (χ1) is 7.87. The topological polar surface area (TPSA) is 75.6 Å². The number of amides is 1. The highest BCUT2D eigenvalue weighted by Crippen LogP contribution is 2.25. The monoisotopic (exact) mass is 245 g/mol. The van der Waals surface area contributed by atoms with Gasteiger partial charge in [-0.3, -0.25) is 9.59 Å². The minimum absolute atomic E-state index is 0.0270. The molecule has 100 valence electrons. The van der Waals surface area contributed by atoms with Crippen LogP contribution in [0.2, 0.25) is 0 Å². The largest absolute Gasteiger partial charge is 0.481 e. The van der Waals surface area contributed by atoms with Crippen LogP contribution in [0.4, 0.5) is 0 Å². The molecule has 0 saturated heterocycles. The number of hydrogen-bond acceptors (Lipinski definition) is 3. The number of nitrogens with one attached hydrogen (secondary N) is 1. The number of hydrogen-bond donors (Lipinski definition) is 2. The highest BCUT2D eigenvalue weighted by molar-refractivity contribution is 5.75. The Morgan fingerprint density at radius 1 is 1.24 bits per heavy atom. The average Bonchev–Trinajstić information content (AvgIpc) is 2.23. The molecule has 0 saturated carbocycles. The molecule has 5 heteroatoms. The second-order valence-electron chi connectivity index (χ2n) is 4.90. The number of carbonyl (C=O) groups is 2. The molecule has 2 N–H and O–H groups in total. The van der Waals surface area contributed by atoms with Crippen LogP contribution in [-0.2, 0) is 14.3 Å². The number of carboxylic acid groups (broad SMARTS) is 1. The van der Waals surface area contributed by atoms with Crippen LogP contribution >= 0.6 is 0 Å². The highest BCUT2D eigenvalue weighted by Gasteiger charge is 2.19. The lowest BCUT2D eigenvalue weighted by molar-refractivity contribution is -0.137. The van der Waals surface area contributed by atoms with E-state index in [0.29, 0.717) is 26.0 Å². The minimum Gasteiger partial charge on any atom is -0.481 e. The van der Waals surface area contributed by atoms with Crippen molar-refractivity contribution in [3.63, 3.8) is 0 Å². The van der Waals surface area contributed by atoms with Crippen LogP contribution in [0.1, 0.15) is 39.5 Å². The fraction of sp³-hybridized carbons (Fsp3) is 0.833. The lowest BCUT2D eigenvalue weighted by Gasteiger charge is -2.23. The third-order valence-electron chi connectivity index (χ3n) is 2.67. The van der Waals surface area contributed by atoms with E-state index >= 15 is 0 Å². The van der Waals surface area contributed by atoms with E-state index in [1.807, 2.05) is 13.8 Å². The summed E-state index contributed by atoms with van der Waals surface area (Å²) in [5, 5.41) is 11.4. The van der Waals surface area contributed by atoms with Gasteiger partial charge in [-0.2, -0.15) is 0 Å². The van der Waals surface area contributed by atoms with Gasteiger partial charge in [-0.1, -0.05) is 13.8 Å². The second-order valence-corrected chi connectivity index (χ2v) is 4.90. The number of carboxylic acids is 1. The van der Waals surface area contributed by atoms with E-state index in [0.717, 1.165) is 6.42 Å². The Morgan fingerprint density at radius 3 is 2.41 bits per heavy atom. The van der Waals surface area contributed by atoms with Crippen molar-refractivity contribution in [3.05, 3.63) is 0 Å². The van der Waals surface area contributed by atoms with Gasteiger partial charge in [0, 0.05) is 26.5 Å². The van der Waals surface area contributed by atoms with Gasteiger partial charge in [0.15, 0.2) is 0 Å². The van der Waals surface area contributed by atoms with Crippen LogP contribution < -0.4 is 5.32 Å². The van der Waals surface area contributed by atoms with E-state index in [9.17, 15) is 9.59 Å². The Labute approximate surface area is 103 Å². The average molecular weight is 245 g/mol. The quantitative estimate of drug-likeness (QED) is 0.644. The predicted octanol–water partition coefficient (Wildman–Crippen LogP) is 1.42. The summed E-state index contributed by atoms with van der Waals surface area (Å²) < 4.78 is 4.80. The molecule has 0 fully saturated rings. The van der Waals surface area contributed by atoms with E-state index < -0.39 is 5.97 Å². The summed E-state index contributed by atoms with van der Waals surface area (Å²) in [4.78, 5) is 21.7. The fourth-order valence-electron chi connectivity index (χ4n) is 1.39. The van der Waals surface area contributed by atoms with Crippen LogP contribution in [0, 0.1) is 5.41 Å². The highest BCUT2D eigenvalue weighted by atomic mass is 16.5. The molecule has 17 heavy (non-hydrogen) atoms. The fourth-order valence-corrected chi connectivity index (χ4v) is 1.39. The Hall–Kier alpha value is -1.10. The number of carbonyl (C=O) groups excluding carboxylic acids is 1. The summed E-state index contributed by atoms with van der Waals surface area (Å²) in [6.45, 7) is 5.03. The minimum atomic E-state index is -0.776. The number of ether oxygens (including phenoxy) is 1. The summed E-state index contributed by atoms with van der Waals surface area (Å²) in [7, 11) is 1.56. The molecular weight excluding hydrogens is 222 g/mol. The summed E-state index contributed by atoms with van der Waals surface area (Å²) in [5.74, 6) is -0.803. The zero-order chi connectivity index (χ0) is 13.3. The van der Waals surface area contributed by atoms with Gasteiger partial charge < -0.3 is 15.2 Å². The standard InChI is InChI=1S/C12H23NO4/c1-12(2,6-4-11(15)16)7-8-13-10(14)5-9-17-3/h4-9H2,1-3H3,(H,13,14)(H,15,16). The molecular formula is C12H23NO4. The summed E-state index contributed by atoms with van der Waals surface area (Å²) in [6.07, 6.45) is 1.94. The predicted molar refractivity (Wildman–Crippen MR) is 64.8 cm³/mol. The molecule has 0 bridgehead atoms. The van der Waals surface area contributed by atoms with Crippen LogP contribution in [0.3, 0.4) is 0 Å². The summed E-state index contributed by atoms with van der Waals surface area (Å²) in [6, 6.07) is 0. The van der Waals surface area contributed by atoms with Crippen LogP contribution in [-0.4, -0.2) is 37.2 Å². The van der Waals surface area contributed by atoms with E-state index in [4.69, 9.17) is 9.84 Å². The van der Waals surface area contributed by atoms with Crippen LogP contribution in [0.5, 0.6) is 0 Å². The van der Waals surface area contributed by atoms with Gasteiger partial charge >= 0.3 is 5.97 Å². The smallest absolute Gasteiger partial charge is 0.303 e. The van der Waals surface area contributed by atoms with E-state index in [1.165, 1.54) is 0 Å². The number of methoxy groups -OCH3 is 1. The van der Waals surface area contributed by atoms with Crippen molar-refractivity contribution >= 4 is 11.9 Å². The molecule has 5 nitrogen and oxygen atoms in total. The zero-order valence-corrected chi connectivity index (χ0v) is 10.9. The first-order valence-corrected chi connectivity index (χ1v) is 5.85. The molecule has 0 spiro atoms. The lowest BCUT2D eigenvalue weighted by Crippen LogP contribution is -2.29. The molecule has 0 aromatic carbocycles. The maximum absolute atomic E-state index is 11.3. The maximum atomic E-state index is 11.3. The van der Waals surface area contributed by atoms with Crippen molar-refractivity contribution in [2.24, 2.45) is 5.41 Å². The van der Waals surface area contributed by atoms with Gasteiger partial charge in [0.2, 0.25) is 5.91 Å². The zero-order valence-electron chi connectivity index (χ0n) is 10.9. The molecule has 0 radical (unpaired) electrons. The van der Waals surface area contributed by atoms with E-state index in [1.54, 1.807) is 7.11 Å². The Balaban J connectivity index is 3.70. The van der Waals surface area contributed by atoms with Gasteiger partial charge in [-0.25, -0.2) is 0 Å². The third kappa shape index (κ3) is 9.81. The van der Waals surface area contributed by atoms with Crippen LogP contribution in [0.15, 0.2) is 0 Å². The van der Waals surface area contributed by atoms with Gasteiger partial charge in [0.25, 0.3) is 0 Å². The SMILES string of the molecule is COCCC(=O)NCCC(C)(C)CCC(=O)O. The molecule has 0 heterocycles. The van der Waals surface area contributed by atoms with Gasteiger partial charge in [-0.15, -0.1) is 0 Å². The molecule has 0 unspecified atom stereocenters. The van der Waals surface area contributed by atoms with E-state index in [-0.39, 0.29) is 17.7 Å². The Bertz CT molecular complexity index is 251. The van der Waals surface area contributed by atoms with Gasteiger partial charge in [-0.05, 0) is 18.3 Å². The molecule has 0 aliphatic carbocycles. The molecule has 0 aromatic heterocycles. The molecule has 0 aliphatic rings. The Kier molecular flexibility index (Phi) is 7.54. The van der Waals surface area contributed by atoms with Crippen LogP contribution in [0.25, 0.3) is 0 Å². The van der Waals surface area contributed by atoms with Crippen molar-refractivity contribution in [3.8, 4) is 0 Å².